The maximum Gasteiger partial charge on any atom is 0.108 e. The minimum atomic E-state index is -0.0333. The summed E-state index contributed by atoms with van der Waals surface area (Å²) in [5.74, 6) is 0. The smallest absolute Gasteiger partial charge is 0.108 e. The molecule has 0 aromatic heterocycles. The molecule has 0 amide bonds. The van der Waals surface area contributed by atoms with Gasteiger partial charge in [-0.05, 0) is 33.4 Å². The predicted molar refractivity (Wildman–Crippen MR) is 69.3 cm³/mol. The Labute approximate surface area is 101 Å². The van der Waals surface area contributed by atoms with Crippen LogP contribution in [0.5, 0.6) is 0 Å². The summed E-state index contributed by atoms with van der Waals surface area (Å²) >= 11 is 0. The first-order valence-corrected chi connectivity index (χ1v) is 6.52. The zero-order valence-electron chi connectivity index (χ0n) is 11.3. The Balaban J connectivity index is 4.05. The summed E-state index contributed by atoms with van der Waals surface area (Å²) in [5.41, 5.74) is 0. The van der Waals surface area contributed by atoms with Gasteiger partial charge in [0.2, 0.25) is 0 Å². The molecule has 16 heavy (non-hydrogen) atoms. The highest BCUT2D eigenvalue weighted by atomic mass is 15.2. The molecule has 1 atom stereocenters. The molecule has 0 bridgehead atoms. The summed E-state index contributed by atoms with van der Waals surface area (Å²) in [6, 6.07) is 2.81. The van der Waals surface area contributed by atoms with Crippen LogP contribution in [0.1, 0.15) is 47.0 Å². The Morgan fingerprint density at radius 2 is 1.94 bits per heavy atom. The van der Waals surface area contributed by atoms with Crippen LogP contribution in [0.4, 0.5) is 0 Å². The van der Waals surface area contributed by atoms with Gasteiger partial charge in [0, 0.05) is 12.6 Å². The third-order valence-corrected chi connectivity index (χ3v) is 2.80. The number of nitrogens with one attached hydrogen (secondary N) is 1. The van der Waals surface area contributed by atoms with Crippen molar-refractivity contribution in [3.8, 4) is 6.07 Å². The van der Waals surface area contributed by atoms with E-state index >= 15 is 0 Å². The topological polar surface area (TPSA) is 39.1 Å². The Morgan fingerprint density at radius 3 is 2.38 bits per heavy atom. The fraction of sp³-hybridized carbons (Fsp3) is 0.923. The lowest BCUT2D eigenvalue weighted by molar-refractivity contribution is 0.206. The van der Waals surface area contributed by atoms with Crippen molar-refractivity contribution in [1.82, 2.24) is 10.2 Å². The van der Waals surface area contributed by atoms with Crippen LogP contribution >= 0.6 is 0 Å². The van der Waals surface area contributed by atoms with Crippen molar-refractivity contribution in [3.63, 3.8) is 0 Å². The number of hydrogen-bond donors (Lipinski definition) is 1. The number of nitriles is 1. The average Bonchev–Trinajstić information content (AvgIpc) is 2.26. The summed E-state index contributed by atoms with van der Waals surface area (Å²) in [4.78, 5) is 2.40. The summed E-state index contributed by atoms with van der Waals surface area (Å²) in [5, 5.41) is 12.2. The van der Waals surface area contributed by atoms with E-state index in [0.29, 0.717) is 6.04 Å². The first-order chi connectivity index (χ1) is 7.65. The van der Waals surface area contributed by atoms with Crippen LogP contribution in [-0.4, -0.2) is 36.6 Å². The third kappa shape index (κ3) is 6.81. The molecule has 0 rings (SSSR count). The highest BCUT2D eigenvalue weighted by Crippen LogP contribution is 2.04. The van der Waals surface area contributed by atoms with Gasteiger partial charge in [-0.15, -0.1) is 0 Å². The molecule has 0 saturated carbocycles. The maximum atomic E-state index is 9.02. The van der Waals surface area contributed by atoms with E-state index in [1.807, 2.05) is 6.92 Å². The first kappa shape index (κ1) is 15.4. The minimum absolute atomic E-state index is 0.0333. The van der Waals surface area contributed by atoms with Crippen molar-refractivity contribution in [2.75, 3.05) is 19.6 Å². The normalized spacial score (nSPS) is 13.1. The van der Waals surface area contributed by atoms with Crippen molar-refractivity contribution >= 4 is 0 Å². The van der Waals surface area contributed by atoms with Gasteiger partial charge < -0.3 is 5.32 Å². The van der Waals surface area contributed by atoms with Crippen LogP contribution in [0.2, 0.25) is 0 Å². The van der Waals surface area contributed by atoms with Crippen molar-refractivity contribution in [2.24, 2.45) is 0 Å². The Hall–Kier alpha value is -0.590. The van der Waals surface area contributed by atoms with Gasteiger partial charge in [-0.1, -0.05) is 26.7 Å². The fourth-order valence-electron chi connectivity index (χ4n) is 1.76. The van der Waals surface area contributed by atoms with E-state index in [4.69, 9.17) is 5.26 Å². The molecule has 0 saturated heterocycles. The lowest BCUT2D eigenvalue weighted by Crippen LogP contribution is -2.43. The Morgan fingerprint density at radius 1 is 1.25 bits per heavy atom. The number of unbranched alkanes of at least 4 members (excludes halogenated alkanes) is 2. The monoisotopic (exact) mass is 225 g/mol. The van der Waals surface area contributed by atoms with Crippen molar-refractivity contribution in [1.29, 1.82) is 5.26 Å². The number of nitrogens with zero attached hydrogens (tertiary/aromatic N) is 2. The maximum absolute atomic E-state index is 9.02. The molecule has 3 nitrogen and oxygen atoms in total. The Kier molecular flexibility index (Phi) is 9.27. The van der Waals surface area contributed by atoms with Gasteiger partial charge in [0.15, 0.2) is 0 Å². The molecular weight excluding hydrogens is 198 g/mol. The highest BCUT2D eigenvalue weighted by molar-refractivity contribution is 4.92. The second-order valence-electron chi connectivity index (χ2n) is 4.54. The molecule has 0 aromatic rings. The summed E-state index contributed by atoms with van der Waals surface area (Å²) in [7, 11) is 0. The molecule has 0 fully saturated rings. The number of rotatable bonds is 9. The second kappa shape index (κ2) is 9.62. The SMILES string of the molecule is CCCCCN(CC(C#N)NCC)C(C)C. The molecule has 0 spiro atoms. The lowest BCUT2D eigenvalue weighted by atomic mass is 10.2. The molecule has 0 aromatic carbocycles. The molecule has 0 heterocycles. The zero-order chi connectivity index (χ0) is 12.4. The van der Waals surface area contributed by atoms with E-state index in [-0.39, 0.29) is 6.04 Å². The lowest BCUT2D eigenvalue weighted by Gasteiger charge is -2.28. The van der Waals surface area contributed by atoms with E-state index in [2.05, 4.69) is 37.1 Å². The van der Waals surface area contributed by atoms with Crippen molar-refractivity contribution in [3.05, 3.63) is 0 Å². The first-order valence-electron chi connectivity index (χ1n) is 6.52. The van der Waals surface area contributed by atoms with E-state index < -0.39 is 0 Å². The van der Waals surface area contributed by atoms with Crippen molar-refractivity contribution in [2.45, 2.75) is 59.0 Å². The fourth-order valence-corrected chi connectivity index (χ4v) is 1.76. The van der Waals surface area contributed by atoms with Crippen LogP contribution in [0.3, 0.4) is 0 Å². The van der Waals surface area contributed by atoms with Gasteiger partial charge in [0.25, 0.3) is 0 Å². The second-order valence-corrected chi connectivity index (χ2v) is 4.54. The third-order valence-electron chi connectivity index (χ3n) is 2.80. The van der Waals surface area contributed by atoms with Crippen LogP contribution in [-0.2, 0) is 0 Å². The zero-order valence-corrected chi connectivity index (χ0v) is 11.3. The molecule has 94 valence electrons. The van der Waals surface area contributed by atoms with Crippen molar-refractivity contribution < 1.29 is 0 Å². The number of likely N-dealkylation sites (N-methyl/N-ethyl adjacent to an activating group) is 1. The van der Waals surface area contributed by atoms with Crippen LogP contribution in [0.25, 0.3) is 0 Å². The van der Waals surface area contributed by atoms with Gasteiger partial charge in [0.05, 0.1) is 6.07 Å². The summed E-state index contributed by atoms with van der Waals surface area (Å²) in [6.45, 7) is 11.5. The van der Waals surface area contributed by atoms with E-state index in [1.54, 1.807) is 0 Å². The predicted octanol–water partition coefficient (Wildman–Crippen LogP) is 2.39. The number of hydrogen-bond acceptors (Lipinski definition) is 3. The van der Waals surface area contributed by atoms with Gasteiger partial charge in [-0.2, -0.15) is 5.26 Å². The van der Waals surface area contributed by atoms with Gasteiger partial charge in [-0.3, -0.25) is 4.90 Å². The molecule has 1 N–H and O–H groups in total. The summed E-state index contributed by atoms with van der Waals surface area (Å²) in [6.07, 6.45) is 3.77. The van der Waals surface area contributed by atoms with Crippen LogP contribution in [0.15, 0.2) is 0 Å². The highest BCUT2D eigenvalue weighted by Gasteiger charge is 2.14. The minimum Gasteiger partial charge on any atom is -0.301 e. The molecular formula is C13H27N3. The molecule has 0 aliphatic heterocycles. The molecule has 0 aliphatic carbocycles. The molecule has 1 unspecified atom stereocenters. The van der Waals surface area contributed by atoms with Gasteiger partial charge in [-0.25, -0.2) is 0 Å². The van der Waals surface area contributed by atoms with Gasteiger partial charge in [0.1, 0.15) is 6.04 Å². The average molecular weight is 225 g/mol. The largest absolute Gasteiger partial charge is 0.301 e. The van der Waals surface area contributed by atoms with E-state index in [1.165, 1.54) is 19.3 Å². The molecule has 0 radical (unpaired) electrons. The van der Waals surface area contributed by atoms with E-state index in [9.17, 15) is 0 Å². The summed E-state index contributed by atoms with van der Waals surface area (Å²) < 4.78 is 0. The van der Waals surface area contributed by atoms with E-state index in [0.717, 1.165) is 19.6 Å². The Bertz CT molecular complexity index is 196. The quantitative estimate of drug-likeness (QED) is 0.612. The van der Waals surface area contributed by atoms with Crippen LogP contribution < -0.4 is 5.32 Å². The molecule has 3 heteroatoms. The van der Waals surface area contributed by atoms with Crippen LogP contribution in [0, 0.1) is 11.3 Å². The molecule has 0 aliphatic rings. The standard InChI is InChI=1S/C13H27N3/c1-5-7-8-9-16(12(3)4)11-13(10-14)15-6-2/h12-13,15H,5-9,11H2,1-4H3. The van der Waals surface area contributed by atoms with Gasteiger partial charge >= 0.3 is 0 Å².